The molecule has 0 aromatic heterocycles. The molecule has 3 aromatic rings. The van der Waals surface area contributed by atoms with Crippen LogP contribution in [0.1, 0.15) is 59.4 Å². The number of benzene rings is 3. The highest BCUT2D eigenvalue weighted by molar-refractivity contribution is 6.32. The fourth-order valence-corrected chi connectivity index (χ4v) is 7.60. The van der Waals surface area contributed by atoms with Gasteiger partial charge in [-0.25, -0.2) is 0 Å². The van der Waals surface area contributed by atoms with Crippen molar-refractivity contribution in [2.24, 2.45) is 5.41 Å². The lowest BCUT2D eigenvalue weighted by atomic mass is 9.79. The number of halogens is 1. The quantitative estimate of drug-likeness (QED) is 0.272. The minimum absolute atomic E-state index is 0.114. The van der Waals surface area contributed by atoms with E-state index in [2.05, 4.69) is 161 Å². The minimum Gasteiger partial charge on any atom is -0.351 e. The minimum atomic E-state index is -0.183. The summed E-state index contributed by atoms with van der Waals surface area (Å²) in [5.41, 5.74) is 8.55. The number of hydrogen-bond acceptors (Lipinski definition) is 1. The number of nitrogens with zero attached hydrogens (tertiary/aromatic N) is 2. The molecule has 3 aromatic carbocycles. The normalized spacial score (nSPS) is 24.3. The highest BCUT2D eigenvalue weighted by atomic mass is 35.5. The van der Waals surface area contributed by atoms with Crippen molar-refractivity contribution in [3.05, 3.63) is 135 Å². The Morgan fingerprint density at radius 3 is 2.36 bits per heavy atom. The van der Waals surface area contributed by atoms with Gasteiger partial charge in [-0.05, 0) is 90.6 Å². The van der Waals surface area contributed by atoms with E-state index in [1.807, 2.05) is 0 Å². The molecule has 3 aliphatic rings. The number of fused-ring (bicyclic) bond motifs is 4. The maximum Gasteiger partial charge on any atom is 0.210 e. The summed E-state index contributed by atoms with van der Waals surface area (Å²) in [4.78, 5) is 2.31. The summed E-state index contributed by atoms with van der Waals surface area (Å²) in [6, 6.07) is 21.9. The molecule has 0 saturated heterocycles. The van der Waals surface area contributed by atoms with Crippen molar-refractivity contribution in [2.45, 2.75) is 59.3 Å². The molecule has 0 fully saturated rings. The number of rotatable bonds is 3. The first-order chi connectivity index (χ1) is 21.0. The molecule has 2 nitrogen and oxygen atoms in total. The Bertz CT molecular complexity index is 1970. The standard InChI is InChI=1S/C41H44ClN2/c1-28-19-20-29-13-8-9-15-33(29)27-40(2,3)36(43(28)6)25-22-31-16-12-17-32(39(31)42)23-26-37-41(4,5)38-34-18-11-10-14-30(34)21-24-35(38)44(37)7/h8-11,13-15,18-27H,12,16-17H2,1-7H3/q+1/b28-19+,29-20-,33-27+. The van der Waals surface area contributed by atoms with E-state index in [4.69, 9.17) is 11.6 Å². The van der Waals surface area contributed by atoms with Gasteiger partial charge in [-0.15, -0.1) is 0 Å². The Morgan fingerprint density at radius 1 is 0.841 bits per heavy atom. The van der Waals surface area contributed by atoms with Crippen LogP contribution in [0.15, 0.2) is 119 Å². The zero-order chi connectivity index (χ0) is 31.2. The van der Waals surface area contributed by atoms with Gasteiger partial charge >= 0.3 is 0 Å². The van der Waals surface area contributed by atoms with Gasteiger partial charge in [0.2, 0.25) is 5.69 Å². The van der Waals surface area contributed by atoms with E-state index in [9.17, 15) is 0 Å². The molecule has 44 heavy (non-hydrogen) atoms. The van der Waals surface area contributed by atoms with Crippen molar-refractivity contribution >= 4 is 45.9 Å². The summed E-state index contributed by atoms with van der Waals surface area (Å²) >= 11 is 7.18. The van der Waals surface area contributed by atoms with Crippen LogP contribution in [0.2, 0.25) is 0 Å². The molecule has 6 rings (SSSR count). The maximum atomic E-state index is 7.18. The molecule has 224 valence electrons. The average Bonchev–Trinajstić information content (AvgIpc) is 3.21. The molecule has 0 unspecified atom stereocenters. The second kappa shape index (κ2) is 11.6. The third-order valence-electron chi connectivity index (χ3n) is 9.80. The first-order valence-corrected chi connectivity index (χ1v) is 16.2. The van der Waals surface area contributed by atoms with Gasteiger partial charge in [-0.2, -0.15) is 4.58 Å². The third-order valence-corrected chi connectivity index (χ3v) is 10.3. The van der Waals surface area contributed by atoms with Gasteiger partial charge in [-0.3, -0.25) is 0 Å². The van der Waals surface area contributed by atoms with Crippen molar-refractivity contribution in [3.63, 3.8) is 0 Å². The molecular weight excluding hydrogens is 556 g/mol. The van der Waals surface area contributed by atoms with Crippen LogP contribution in [0.3, 0.4) is 0 Å². The van der Waals surface area contributed by atoms with Gasteiger partial charge in [0.05, 0.1) is 5.41 Å². The summed E-state index contributed by atoms with van der Waals surface area (Å²) in [6.07, 6.45) is 19.0. The van der Waals surface area contributed by atoms with Crippen LogP contribution in [0.4, 0.5) is 5.69 Å². The second-order valence-corrected chi connectivity index (χ2v) is 13.9. The summed E-state index contributed by atoms with van der Waals surface area (Å²) in [5.74, 6) is 0. The van der Waals surface area contributed by atoms with Crippen LogP contribution >= 0.6 is 11.6 Å². The molecular formula is C41H44ClN2+. The van der Waals surface area contributed by atoms with Crippen LogP contribution in [-0.4, -0.2) is 29.3 Å². The lowest BCUT2D eigenvalue weighted by Crippen LogP contribution is -2.30. The predicted molar refractivity (Wildman–Crippen MR) is 190 cm³/mol. The van der Waals surface area contributed by atoms with Crippen molar-refractivity contribution in [3.8, 4) is 0 Å². The molecule has 1 aliphatic carbocycles. The summed E-state index contributed by atoms with van der Waals surface area (Å²) in [7, 11) is 4.36. The molecule has 0 saturated carbocycles. The fraction of sp³-hybridized carbons (Fsp3) is 0.293. The van der Waals surface area contributed by atoms with Crippen LogP contribution in [-0.2, 0) is 5.41 Å². The first-order valence-electron chi connectivity index (χ1n) is 15.8. The summed E-state index contributed by atoms with van der Waals surface area (Å²) in [5, 5.41) is 6.02. The average molecular weight is 600 g/mol. The van der Waals surface area contributed by atoms with Gasteiger partial charge in [0.15, 0.2) is 5.71 Å². The van der Waals surface area contributed by atoms with Gasteiger partial charge in [-0.1, -0.05) is 98.3 Å². The van der Waals surface area contributed by atoms with E-state index in [0.29, 0.717) is 0 Å². The Kier molecular flexibility index (Phi) is 7.92. The molecule has 0 spiro atoms. The summed E-state index contributed by atoms with van der Waals surface area (Å²) in [6.45, 7) is 11.5. The third kappa shape index (κ3) is 5.35. The topological polar surface area (TPSA) is 6.25 Å². The first kappa shape index (κ1) is 30.2. The fourth-order valence-electron chi connectivity index (χ4n) is 7.29. The molecule has 2 heterocycles. The largest absolute Gasteiger partial charge is 0.351 e. The Morgan fingerprint density at radius 2 is 1.57 bits per heavy atom. The molecule has 2 aliphatic heterocycles. The Hall–Kier alpha value is -3.88. The SMILES string of the molecule is C\C1=C/C=c2/cccc/c2=C\C(C)(C)/C(=C\C=C2/CCCC(/C=C/C3=[N+](C)c4ccc5ccccc5c4C3(C)C)=C2Cl)N1C. The van der Waals surface area contributed by atoms with E-state index in [0.717, 1.165) is 24.3 Å². The van der Waals surface area contributed by atoms with Gasteiger partial charge in [0.25, 0.3) is 0 Å². The lowest BCUT2D eigenvalue weighted by molar-refractivity contribution is -0.401. The molecule has 0 atom stereocenters. The van der Waals surface area contributed by atoms with Crippen molar-refractivity contribution in [2.75, 3.05) is 14.1 Å². The predicted octanol–water partition coefficient (Wildman–Crippen LogP) is 9.03. The van der Waals surface area contributed by atoms with E-state index in [-0.39, 0.29) is 10.8 Å². The van der Waals surface area contributed by atoms with E-state index in [1.165, 1.54) is 60.7 Å². The highest BCUT2D eigenvalue weighted by Gasteiger charge is 2.44. The molecule has 0 amide bonds. The number of allylic oxidation sites excluding steroid dienone is 10. The van der Waals surface area contributed by atoms with E-state index in [1.54, 1.807) is 0 Å². The van der Waals surface area contributed by atoms with Crippen molar-refractivity contribution < 1.29 is 4.58 Å². The molecule has 0 N–H and O–H groups in total. The zero-order valence-electron chi connectivity index (χ0n) is 27.2. The maximum absolute atomic E-state index is 7.18. The Labute approximate surface area is 268 Å². The van der Waals surface area contributed by atoms with Gasteiger partial charge < -0.3 is 4.90 Å². The van der Waals surface area contributed by atoms with E-state index < -0.39 is 0 Å². The van der Waals surface area contributed by atoms with Crippen LogP contribution < -0.4 is 10.4 Å². The number of hydrogen-bond donors (Lipinski definition) is 0. The van der Waals surface area contributed by atoms with Gasteiger partial charge in [0, 0.05) is 46.6 Å². The molecule has 3 heteroatoms. The van der Waals surface area contributed by atoms with Crippen molar-refractivity contribution in [1.29, 1.82) is 0 Å². The lowest BCUT2D eigenvalue weighted by Gasteiger charge is -2.33. The zero-order valence-corrected chi connectivity index (χ0v) is 28.0. The Balaban J connectivity index is 1.36. The van der Waals surface area contributed by atoms with Crippen LogP contribution in [0.25, 0.3) is 22.9 Å². The second-order valence-electron chi connectivity index (χ2n) is 13.5. The van der Waals surface area contributed by atoms with Crippen LogP contribution in [0.5, 0.6) is 0 Å². The van der Waals surface area contributed by atoms with Crippen molar-refractivity contribution in [1.82, 2.24) is 4.90 Å². The monoisotopic (exact) mass is 599 g/mol. The summed E-state index contributed by atoms with van der Waals surface area (Å²) < 4.78 is 2.35. The van der Waals surface area contributed by atoms with Crippen LogP contribution in [0, 0.1) is 5.41 Å². The smallest absolute Gasteiger partial charge is 0.210 e. The van der Waals surface area contributed by atoms with Gasteiger partial charge in [0.1, 0.15) is 7.05 Å². The molecule has 0 bridgehead atoms. The highest BCUT2D eigenvalue weighted by Crippen LogP contribution is 2.44. The molecule has 0 radical (unpaired) electrons. The van der Waals surface area contributed by atoms with E-state index >= 15 is 0 Å².